The molecule has 1 aromatic carbocycles. The van der Waals surface area contributed by atoms with Gasteiger partial charge in [-0.25, -0.2) is 4.39 Å². The second kappa shape index (κ2) is 5.49. The van der Waals surface area contributed by atoms with E-state index in [9.17, 15) is 9.18 Å². The van der Waals surface area contributed by atoms with Crippen LogP contribution in [0.4, 0.5) is 4.39 Å². The molecule has 0 aliphatic heterocycles. The van der Waals surface area contributed by atoms with Crippen LogP contribution in [0.1, 0.15) is 25.8 Å². The van der Waals surface area contributed by atoms with Crippen LogP contribution in [-0.2, 0) is 11.3 Å². The first kappa shape index (κ1) is 11.7. The van der Waals surface area contributed by atoms with Gasteiger partial charge in [-0.15, -0.1) is 0 Å². The van der Waals surface area contributed by atoms with E-state index in [0.29, 0.717) is 5.56 Å². The zero-order chi connectivity index (χ0) is 11.3. The molecule has 0 aliphatic rings. The van der Waals surface area contributed by atoms with Crippen molar-refractivity contribution in [3.05, 3.63) is 35.6 Å². The van der Waals surface area contributed by atoms with Gasteiger partial charge >= 0.3 is 0 Å². The molecule has 1 rings (SSSR count). The number of carbonyl (C=O) groups is 1. The van der Waals surface area contributed by atoms with E-state index in [2.05, 4.69) is 5.32 Å². The van der Waals surface area contributed by atoms with Gasteiger partial charge in [0.2, 0.25) is 5.91 Å². The molecular formula is C12H16FNO. The number of halogens is 1. The molecule has 1 N–H and O–H groups in total. The Morgan fingerprint density at radius 2 is 2.13 bits per heavy atom. The lowest BCUT2D eigenvalue weighted by molar-refractivity contribution is -0.124. The molecule has 0 saturated heterocycles. The Morgan fingerprint density at radius 3 is 2.73 bits per heavy atom. The van der Waals surface area contributed by atoms with Crippen molar-refractivity contribution in [1.82, 2.24) is 5.32 Å². The summed E-state index contributed by atoms with van der Waals surface area (Å²) in [6.45, 7) is 4.07. The number of amides is 1. The third-order valence-corrected chi connectivity index (χ3v) is 2.47. The second-order valence-corrected chi connectivity index (χ2v) is 3.62. The van der Waals surface area contributed by atoms with Gasteiger partial charge in [0.05, 0.1) is 0 Å². The summed E-state index contributed by atoms with van der Waals surface area (Å²) < 4.78 is 13.2. The van der Waals surface area contributed by atoms with Gasteiger partial charge in [-0.3, -0.25) is 4.79 Å². The fraction of sp³-hybridized carbons (Fsp3) is 0.417. The predicted molar refractivity (Wildman–Crippen MR) is 57.7 cm³/mol. The van der Waals surface area contributed by atoms with Gasteiger partial charge in [-0.1, -0.05) is 32.0 Å². The Bertz CT molecular complexity index is 338. The summed E-state index contributed by atoms with van der Waals surface area (Å²) in [7, 11) is 0. The third kappa shape index (κ3) is 3.35. The molecule has 1 atom stereocenters. The van der Waals surface area contributed by atoms with E-state index in [1.165, 1.54) is 6.07 Å². The largest absolute Gasteiger partial charge is 0.352 e. The molecule has 2 nitrogen and oxygen atoms in total. The van der Waals surface area contributed by atoms with E-state index in [1.807, 2.05) is 13.8 Å². The molecule has 0 heterocycles. The van der Waals surface area contributed by atoms with Crippen molar-refractivity contribution in [2.75, 3.05) is 0 Å². The number of rotatable bonds is 4. The normalized spacial score (nSPS) is 12.2. The summed E-state index contributed by atoms with van der Waals surface area (Å²) in [4.78, 5) is 11.4. The topological polar surface area (TPSA) is 29.1 Å². The quantitative estimate of drug-likeness (QED) is 0.811. The van der Waals surface area contributed by atoms with Crippen LogP contribution in [0.15, 0.2) is 24.3 Å². The maximum absolute atomic E-state index is 13.2. The van der Waals surface area contributed by atoms with Crippen LogP contribution in [0.2, 0.25) is 0 Å². The van der Waals surface area contributed by atoms with Gasteiger partial charge in [0.15, 0.2) is 0 Å². The van der Waals surface area contributed by atoms with E-state index in [0.717, 1.165) is 6.42 Å². The molecule has 0 aromatic heterocycles. The fourth-order valence-corrected chi connectivity index (χ4v) is 1.18. The highest BCUT2D eigenvalue weighted by Crippen LogP contribution is 2.06. The van der Waals surface area contributed by atoms with Crippen molar-refractivity contribution in [2.45, 2.75) is 26.8 Å². The minimum Gasteiger partial charge on any atom is -0.352 e. The van der Waals surface area contributed by atoms with Crippen LogP contribution in [0.3, 0.4) is 0 Å². The lowest BCUT2D eigenvalue weighted by Crippen LogP contribution is -2.28. The third-order valence-electron chi connectivity index (χ3n) is 2.47. The Hall–Kier alpha value is -1.38. The highest BCUT2D eigenvalue weighted by molar-refractivity contribution is 5.78. The van der Waals surface area contributed by atoms with Gasteiger partial charge in [0.25, 0.3) is 0 Å². The molecule has 0 saturated carbocycles. The van der Waals surface area contributed by atoms with Crippen molar-refractivity contribution in [3.8, 4) is 0 Å². The van der Waals surface area contributed by atoms with Crippen LogP contribution in [0, 0.1) is 11.7 Å². The van der Waals surface area contributed by atoms with Crippen molar-refractivity contribution in [2.24, 2.45) is 5.92 Å². The van der Waals surface area contributed by atoms with Crippen molar-refractivity contribution >= 4 is 5.91 Å². The van der Waals surface area contributed by atoms with Crippen LogP contribution in [0.5, 0.6) is 0 Å². The van der Waals surface area contributed by atoms with Crippen molar-refractivity contribution < 1.29 is 9.18 Å². The SMILES string of the molecule is CCC(C)C(=O)NCc1ccccc1F. The Kier molecular flexibility index (Phi) is 4.28. The van der Waals surface area contributed by atoms with Gasteiger partial charge in [0.1, 0.15) is 5.82 Å². The number of carbonyl (C=O) groups excluding carboxylic acids is 1. The molecule has 3 heteroatoms. The molecule has 0 fully saturated rings. The highest BCUT2D eigenvalue weighted by Gasteiger charge is 2.10. The molecule has 0 spiro atoms. The molecule has 1 amide bonds. The average Bonchev–Trinajstić information content (AvgIpc) is 2.26. The van der Waals surface area contributed by atoms with E-state index in [1.54, 1.807) is 18.2 Å². The highest BCUT2D eigenvalue weighted by atomic mass is 19.1. The minimum absolute atomic E-state index is 0.0169. The summed E-state index contributed by atoms with van der Waals surface area (Å²) in [5, 5.41) is 2.71. The van der Waals surface area contributed by atoms with Crippen LogP contribution in [-0.4, -0.2) is 5.91 Å². The maximum atomic E-state index is 13.2. The number of nitrogens with one attached hydrogen (secondary N) is 1. The second-order valence-electron chi connectivity index (χ2n) is 3.62. The standard InChI is InChI=1S/C12H16FNO/c1-3-9(2)12(15)14-8-10-6-4-5-7-11(10)13/h4-7,9H,3,8H2,1-2H3,(H,14,15). The fourth-order valence-electron chi connectivity index (χ4n) is 1.18. The first-order valence-electron chi connectivity index (χ1n) is 5.16. The number of hydrogen-bond donors (Lipinski definition) is 1. The van der Waals surface area contributed by atoms with Gasteiger partial charge < -0.3 is 5.32 Å². The molecule has 0 radical (unpaired) electrons. The Morgan fingerprint density at radius 1 is 1.47 bits per heavy atom. The predicted octanol–water partition coefficient (Wildman–Crippen LogP) is 2.49. The van der Waals surface area contributed by atoms with E-state index >= 15 is 0 Å². The first-order chi connectivity index (χ1) is 7.15. The number of hydrogen-bond acceptors (Lipinski definition) is 1. The zero-order valence-electron chi connectivity index (χ0n) is 9.09. The van der Waals surface area contributed by atoms with Gasteiger partial charge in [-0.2, -0.15) is 0 Å². The summed E-state index contributed by atoms with van der Waals surface area (Å²) in [6, 6.07) is 6.46. The summed E-state index contributed by atoms with van der Waals surface area (Å²) >= 11 is 0. The first-order valence-corrected chi connectivity index (χ1v) is 5.16. The zero-order valence-corrected chi connectivity index (χ0v) is 9.09. The Balaban J connectivity index is 2.51. The molecule has 1 unspecified atom stereocenters. The minimum atomic E-state index is -0.276. The molecule has 82 valence electrons. The maximum Gasteiger partial charge on any atom is 0.223 e. The van der Waals surface area contributed by atoms with Crippen LogP contribution < -0.4 is 5.32 Å². The molecule has 15 heavy (non-hydrogen) atoms. The molecular weight excluding hydrogens is 193 g/mol. The van der Waals surface area contributed by atoms with Crippen molar-refractivity contribution in [3.63, 3.8) is 0 Å². The van der Waals surface area contributed by atoms with Crippen LogP contribution >= 0.6 is 0 Å². The van der Waals surface area contributed by atoms with E-state index in [4.69, 9.17) is 0 Å². The average molecular weight is 209 g/mol. The molecule has 0 bridgehead atoms. The van der Waals surface area contributed by atoms with Gasteiger partial charge in [0, 0.05) is 18.0 Å². The molecule has 0 aliphatic carbocycles. The lowest BCUT2D eigenvalue weighted by Gasteiger charge is -2.10. The summed E-state index contributed by atoms with van der Waals surface area (Å²) in [5.74, 6) is -0.320. The van der Waals surface area contributed by atoms with Crippen molar-refractivity contribution in [1.29, 1.82) is 0 Å². The van der Waals surface area contributed by atoms with E-state index in [-0.39, 0.29) is 24.2 Å². The molecule has 1 aromatic rings. The smallest absolute Gasteiger partial charge is 0.223 e. The summed E-state index contributed by atoms with van der Waals surface area (Å²) in [5.41, 5.74) is 0.522. The summed E-state index contributed by atoms with van der Waals surface area (Å²) in [6.07, 6.45) is 0.795. The number of benzene rings is 1. The Labute approximate surface area is 89.5 Å². The van der Waals surface area contributed by atoms with Gasteiger partial charge in [-0.05, 0) is 12.5 Å². The lowest BCUT2D eigenvalue weighted by atomic mass is 10.1. The van der Waals surface area contributed by atoms with Crippen LogP contribution in [0.25, 0.3) is 0 Å². The monoisotopic (exact) mass is 209 g/mol. The van der Waals surface area contributed by atoms with E-state index < -0.39 is 0 Å².